The van der Waals surface area contributed by atoms with Crippen LogP contribution in [0, 0.1) is 0 Å². The average Bonchev–Trinajstić information content (AvgIpc) is 3.05. The van der Waals surface area contributed by atoms with E-state index in [1.165, 1.54) is 0 Å². The van der Waals surface area contributed by atoms with Crippen LogP contribution < -0.4 is 0 Å². The van der Waals surface area contributed by atoms with E-state index in [1.54, 1.807) is 18.0 Å². The van der Waals surface area contributed by atoms with Gasteiger partial charge < -0.3 is 23.7 Å². The van der Waals surface area contributed by atoms with Crippen LogP contribution in [0.1, 0.15) is 29.3 Å². The van der Waals surface area contributed by atoms with Gasteiger partial charge in [0.15, 0.2) is 0 Å². The second kappa shape index (κ2) is 16.6. The molecule has 220 valence electrons. The number of hydrogen-bond donors (Lipinski definition) is 0. The first-order chi connectivity index (χ1) is 20.8. The highest BCUT2D eigenvalue weighted by atomic mass is 32.2. The fourth-order valence-electron chi connectivity index (χ4n) is 4.94. The molecule has 1 fully saturated rings. The van der Waals surface area contributed by atoms with Crippen molar-refractivity contribution in [2.45, 2.75) is 63.2 Å². The maximum Gasteiger partial charge on any atom is 0.132 e. The molecule has 7 heteroatoms. The zero-order valence-corrected chi connectivity index (χ0v) is 24.8. The maximum atomic E-state index is 6.74. The van der Waals surface area contributed by atoms with Crippen LogP contribution in [-0.4, -0.2) is 47.2 Å². The molecule has 5 atom stereocenters. The van der Waals surface area contributed by atoms with Crippen LogP contribution in [-0.2, 0) is 50.1 Å². The molecule has 1 saturated heterocycles. The third-order valence-corrected chi connectivity index (χ3v) is 8.08. The Bertz CT molecular complexity index is 1280. The summed E-state index contributed by atoms with van der Waals surface area (Å²) in [5.74, 6) is 0.868. The predicted molar refractivity (Wildman–Crippen MR) is 166 cm³/mol. The maximum absolute atomic E-state index is 6.74. The van der Waals surface area contributed by atoms with Gasteiger partial charge in [-0.25, -0.2) is 0 Å². The quantitative estimate of drug-likeness (QED) is 0.152. The highest BCUT2D eigenvalue weighted by molar-refractivity contribution is 7.99. The Balaban J connectivity index is 1.40. The molecule has 0 N–H and O–H groups in total. The highest BCUT2D eigenvalue weighted by Crippen LogP contribution is 2.35. The molecule has 0 unspecified atom stereocenters. The van der Waals surface area contributed by atoms with Gasteiger partial charge in [0.25, 0.3) is 0 Å². The summed E-state index contributed by atoms with van der Waals surface area (Å²) < 4.78 is 32.9. The van der Waals surface area contributed by atoms with Gasteiger partial charge in [0.2, 0.25) is 0 Å². The summed E-state index contributed by atoms with van der Waals surface area (Å²) in [4.78, 5) is 4.47. The standard InChI is InChI=1S/C35H39NO5S/c1-2-42-35-34(40-25-30-20-12-13-21-36-30)33(39-24-29-18-10-5-11-19-29)32(38-23-28-16-8-4-9-17-28)31(41-35)26-37-22-27-14-6-3-7-15-27/h3-21,31-35H,2,22-26H2,1H3/t31-,32-,33+,34-,35+/m1/s1. The Kier molecular flexibility index (Phi) is 12.0. The number of rotatable bonds is 15. The fraction of sp³-hybridized carbons (Fsp3) is 0.343. The van der Waals surface area contributed by atoms with Crippen LogP contribution in [0.15, 0.2) is 115 Å². The van der Waals surface area contributed by atoms with Gasteiger partial charge in [-0.1, -0.05) is 104 Å². The Morgan fingerprint density at radius 3 is 1.74 bits per heavy atom. The lowest BCUT2D eigenvalue weighted by atomic mass is 9.99. The molecule has 1 aliphatic rings. The van der Waals surface area contributed by atoms with Crippen molar-refractivity contribution < 1.29 is 23.7 Å². The van der Waals surface area contributed by atoms with Crippen molar-refractivity contribution in [2.24, 2.45) is 0 Å². The zero-order chi connectivity index (χ0) is 28.8. The minimum absolute atomic E-state index is 0.263. The number of benzene rings is 3. The molecule has 0 bridgehead atoms. The molecule has 0 spiro atoms. The minimum atomic E-state index is -0.424. The van der Waals surface area contributed by atoms with Gasteiger partial charge in [-0.2, -0.15) is 0 Å². The largest absolute Gasteiger partial charge is 0.374 e. The first-order valence-corrected chi connectivity index (χ1v) is 15.6. The fourth-order valence-corrected chi connectivity index (χ4v) is 5.92. The molecular weight excluding hydrogens is 546 g/mol. The van der Waals surface area contributed by atoms with Crippen molar-refractivity contribution in [2.75, 3.05) is 12.4 Å². The second-order valence-electron chi connectivity index (χ2n) is 10.1. The molecule has 0 amide bonds. The first kappa shape index (κ1) is 30.4. The Morgan fingerprint density at radius 1 is 0.619 bits per heavy atom. The number of thioether (sulfide) groups is 1. The van der Waals surface area contributed by atoms with E-state index >= 15 is 0 Å². The van der Waals surface area contributed by atoms with Gasteiger partial charge in [0.1, 0.15) is 29.9 Å². The van der Waals surface area contributed by atoms with Crippen molar-refractivity contribution in [1.82, 2.24) is 4.98 Å². The lowest BCUT2D eigenvalue weighted by molar-refractivity contribution is -0.254. The minimum Gasteiger partial charge on any atom is -0.374 e. The molecule has 2 heterocycles. The number of pyridine rings is 1. The molecule has 0 aliphatic carbocycles. The molecule has 5 rings (SSSR count). The molecule has 6 nitrogen and oxygen atoms in total. The van der Waals surface area contributed by atoms with Crippen LogP contribution in [0.2, 0.25) is 0 Å². The van der Waals surface area contributed by atoms with E-state index in [4.69, 9.17) is 23.7 Å². The van der Waals surface area contributed by atoms with Crippen molar-refractivity contribution in [3.8, 4) is 0 Å². The summed E-state index contributed by atoms with van der Waals surface area (Å²) in [6.45, 7) is 4.19. The van der Waals surface area contributed by atoms with Crippen molar-refractivity contribution >= 4 is 11.8 Å². The summed E-state index contributed by atoms with van der Waals surface area (Å²) in [5.41, 5.74) is 3.88. The van der Waals surface area contributed by atoms with Crippen LogP contribution in [0.5, 0.6) is 0 Å². The Hall–Kier alpha value is -3.04. The van der Waals surface area contributed by atoms with Gasteiger partial charge in [0.05, 0.1) is 38.7 Å². The lowest BCUT2D eigenvalue weighted by Gasteiger charge is -2.46. The van der Waals surface area contributed by atoms with Crippen molar-refractivity contribution in [3.05, 3.63) is 138 Å². The highest BCUT2D eigenvalue weighted by Gasteiger charge is 2.48. The van der Waals surface area contributed by atoms with Crippen LogP contribution in [0.4, 0.5) is 0 Å². The van der Waals surface area contributed by atoms with Crippen LogP contribution in [0.3, 0.4) is 0 Å². The van der Waals surface area contributed by atoms with Crippen LogP contribution in [0.25, 0.3) is 0 Å². The van der Waals surface area contributed by atoms with Gasteiger partial charge in [-0.3, -0.25) is 4.98 Å². The van der Waals surface area contributed by atoms with E-state index in [9.17, 15) is 0 Å². The first-order valence-electron chi connectivity index (χ1n) is 14.5. The number of ether oxygens (including phenoxy) is 5. The second-order valence-corrected chi connectivity index (χ2v) is 11.5. The summed E-state index contributed by atoms with van der Waals surface area (Å²) >= 11 is 1.71. The number of hydrogen-bond acceptors (Lipinski definition) is 7. The summed E-state index contributed by atoms with van der Waals surface area (Å²) in [6.07, 6.45) is 0.223. The average molecular weight is 586 g/mol. The van der Waals surface area contributed by atoms with E-state index in [0.29, 0.717) is 33.0 Å². The molecule has 42 heavy (non-hydrogen) atoms. The van der Waals surface area contributed by atoms with E-state index in [1.807, 2.05) is 72.8 Å². The van der Waals surface area contributed by atoms with Crippen molar-refractivity contribution in [1.29, 1.82) is 0 Å². The van der Waals surface area contributed by atoms with Gasteiger partial charge in [0, 0.05) is 6.20 Å². The Morgan fingerprint density at radius 2 is 1.17 bits per heavy atom. The number of aromatic nitrogens is 1. The summed E-state index contributed by atoms with van der Waals surface area (Å²) in [7, 11) is 0. The van der Waals surface area contributed by atoms with Crippen molar-refractivity contribution in [3.63, 3.8) is 0 Å². The summed E-state index contributed by atoms with van der Waals surface area (Å²) in [5, 5.41) is 0. The monoisotopic (exact) mass is 585 g/mol. The number of nitrogens with zero attached hydrogens (tertiary/aromatic N) is 1. The van der Waals surface area contributed by atoms with Gasteiger partial charge in [-0.15, -0.1) is 11.8 Å². The van der Waals surface area contributed by atoms with Gasteiger partial charge >= 0.3 is 0 Å². The zero-order valence-electron chi connectivity index (χ0n) is 24.0. The normalized spacial score (nSPS) is 22.2. The molecule has 0 saturated carbocycles. The summed E-state index contributed by atoms with van der Waals surface area (Å²) in [6, 6.07) is 36.4. The smallest absolute Gasteiger partial charge is 0.132 e. The third-order valence-electron chi connectivity index (χ3n) is 7.04. The predicted octanol–water partition coefficient (Wildman–Crippen LogP) is 6.83. The molecule has 0 radical (unpaired) electrons. The molecular formula is C35H39NO5S. The van der Waals surface area contributed by atoms with E-state index < -0.39 is 12.2 Å². The van der Waals surface area contributed by atoms with E-state index in [-0.39, 0.29) is 17.6 Å². The van der Waals surface area contributed by atoms with E-state index in [0.717, 1.165) is 28.1 Å². The topological polar surface area (TPSA) is 59.0 Å². The van der Waals surface area contributed by atoms with E-state index in [2.05, 4.69) is 48.3 Å². The van der Waals surface area contributed by atoms with Crippen LogP contribution >= 0.6 is 11.8 Å². The lowest BCUT2D eigenvalue weighted by Crippen LogP contribution is -2.60. The molecule has 1 aliphatic heterocycles. The molecule has 1 aromatic heterocycles. The third kappa shape index (κ3) is 8.98. The van der Waals surface area contributed by atoms with Gasteiger partial charge in [-0.05, 0) is 34.6 Å². The molecule has 3 aromatic carbocycles. The SMILES string of the molecule is CCS[C@@H]1O[C@H](COCc2ccccc2)[C@@H](OCc2ccccc2)[C@H](OCc2ccccc2)[C@H]1OCc1ccccn1. The Labute approximate surface area is 253 Å². The molecule has 4 aromatic rings.